The van der Waals surface area contributed by atoms with E-state index in [1.54, 1.807) is 10.8 Å². The lowest BCUT2D eigenvalue weighted by Crippen LogP contribution is -2.58. The van der Waals surface area contributed by atoms with Crippen LogP contribution in [0.1, 0.15) is 26.3 Å². The molecule has 1 aliphatic rings. The van der Waals surface area contributed by atoms with Crippen molar-refractivity contribution in [1.29, 1.82) is 0 Å². The minimum absolute atomic E-state index is 0.285. The highest BCUT2D eigenvalue weighted by Crippen LogP contribution is 2.31. The number of anilines is 3. The molecule has 0 bridgehead atoms. The van der Waals surface area contributed by atoms with Crippen LogP contribution in [0.15, 0.2) is 67.5 Å². The van der Waals surface area contributed by atoms with Crippen LogP contribution >= 0.6 is 0 Å². The number of aryl methyl sites for hydroxylation is 2. The number of aromatic nitrogens is 6. The molecule has 1 amide bonds. The number of benzene rings is 2. The number of ether oxygens (including phenoxy) is 1. The van der Waals surface area contributed by atoms with Crippen molar-refractivity contribution in [2.45, 2.75) is 33.2 Å². The Balaban J connectivity index is 0.00000113. The molecule has 1 N–H and O–H groups in total. The molecule has 1 saturated heterocycles. The van der Waals surface area contributed by atoms with Crippen LogP contribution in [0.2, 0.25) is 0 Å². The first kappa shape index (κ1) is 28.5. The summed E-state index contributed by atoms with van der Waals surface area (Å²) in [5.74, 6) is 2.89. The molecule has 1 aliphatic heterocycles. The number of nitrogens with zero attached hydrogens (tertiary/aromatic N) is 8. The summed E-state index contributed by atoms with van der Waals surface area (Å²) in [5, 5.41) is 11.6. The van der Waals surface area contributed by atoms with Gasteiger partial charge in [-0.25, -0.2) is 19.6 Å². The zero-order valence-electron chi connectivity index (χ0n) is 24.6. The lowest BCUT2D eigenvalue weighted by molar-refractivity contribution is -0.123. The highest BCUT2D eigenvalue weighted by molar-refractivity contribution is 5.88. The van der Waals surface area contributed by atoms with Gasteiger partial charge in [0.1, 0.15) is 34.7 Å². The molecule has 4 heterocycles. The molecule has 216 valence electrons. The Morgan fingerprint density at radius 3 is 2.60 bits per heavy atom. The fourth-order valence-electron chi connectivity index (χ4n) is 4.95. The maximum absolute atomic E-state index is 11.4. The van der Waals surface area contributed by atoms with Crippen molar-refractivity contribution < 1.29 is 9.53 Å². The molecule has 11 nitrogen and oxygen atoms in total. The van der Waals surface area contributed by atoms with Gasteiger partial charge in [0.05, 0.1) is 16.6 Å². The second-order valence-corrected chi connectivity index (χ2v) is 10.8. The van der Waals surface area contributed by atoms with E-state index in [1.165, 1.54) is 6.33 Å². The predicted molar refractivity (Wildman–Crippen MR) is 165 cm³/mol. The number of fused-ring (bicyclic) bond motifs is 2. The van der Waals surface area contributed by atoms with Crippen molar-refractivity contribution in [2.24, 2.45) is 7.05 Å². The predicted octanol–water partition coefficient (Wildman–Crippen LogP) is 5.40. The molecule has 0 saturated carbocycles. The molecule has 42 heavy (non-hydrogen) atoms. The standard InChI is InChI=1S/C28H29N9O2.C3H6/c1-18-13-19(5-9-24(18)39-20-6-8-23-22(14-20)33-34-35(23)4)31-27-26-21(29-16-30-27)7-10-25(32-26)36-11-12-37(17-38)28(2,3)15-36;1-3-2/h5-10,13-14,16-17H,11-12,15H2,1-4H3,(H,29,30,31);3H,1H2,2H3. The van der Waals surface area contributed by atoms with Gasteiger partial charge in [-0.15, -0.1) is 11.7 Å². The van der Waals surface area contributed by atoms with Gasteiger partial charge in [0, 0.05) is 38.4 Å². The van der Waals surface area contributed by atoms with Gasteiger partial charge >= 0.3 is 0 Å². The van der Waals surface area contributed by atoms with Gasteiger partial charge < -0.3 is 19.9 Å². The van der Waals surface area contributed by atoms with Crippen molar-refractivity contribution >= 4 is 45.8 Å². The van der Waals surface area contributed by atoms with Crippen LogP contribution in [-0.4, -0.2) is 66.4 Å². The zero-order valence-corrected chi connectivity index (χ0v) is 24.6. The third-order valence-corrected chi connectivity index (χ3v) is 7.13. The Kier molecular flexibility index (Phi) is 8.01. The Hall–Kier alpha value is -5.06. The smallest absolute Gasteiger partial charge is 0.210 e. The highest BCUT2D eigenvalue weighted by atomic mass is 16.5. The molecular weight excluding hydrogens is 530 g/mol. The SMILES string of the molecule is C=CC.Cc1cc(Nc2ncnc3ccc(N4CCN(C=O)C(C)(C)C4)nc23)ccc1Oc1ccc2c(c1)nnn2C. The van der Waals surface area contributed by atoms with Crippen molar-refractivity contribution in [3.8, 4) is 11.5 Å². The Morgan fingerprint density at radius 2 is 1.86 bits per heavy atom. The molecule has 0 atom stereocenters. The molecule has 1 fully saturated rings. The number of piperazine rings is 1. The van der Waals surface area contributed by atoms with E-state index in [0.717, 1.165) is 45.8 Å². The normalized spacial score (nSPS) is 14.3. The lowest BCUT2D eigenvalue weighted by Gasteiger charge is -2.45. The van der Waals surface area contributed by atoms with Gasteiger partial charge in [-0.2, -0.15) is 0 Å². The monoisotopic (exact) mass is 565 g/mol. The number of rotatable bonds is 6. The summed E-state index contributed by atoms with van der Waals surface area (Å²) in [5.41, 5.74) is 4.69. The van der Waals surface area contributed by atoms with Gasteiger partial charge in [-0.1, -0.05) is 11.3 Å². The second kappa shape index (κ2) is 11.8. The molecule has 3 aromatic heterocycles. The molecule has 0 spiro atoms. The Bertz CT molecular complexity index is 1750. The van der Waals surface area contributed by atoms with Crippen LogP contribution in [0.25, 0.3) is 22.1 Å². The van der Waals surface area contributed by atoms with Gasteiger partial charge in [0.15, 0.2) is 5.82 Å². The fraction of sp³-hybridized carbons (Fsp3) is 0.290. The fourth-order valence-corrected chi connectivity index (χ4v) is 4.95. The largest absolute Gasteiger partial charge is 0.457 e. The Morgan fingerprint density at radius 1 is 1.05 bits per heavy atom. The van der Waals surface area contributed by atoms with E-state index in [1.807, 2.05) is 74.3 Å². The van der Waals surface area contributed by atoms with Gasteiger partial charge in [-0.05, 0) is 75.7 Å². The second-order valence-electron chi connectivity index (χ2n) is 10.8. The maximum Gasteiger partial charge on any atom is 0.210 e. The summed E-state index contributed by atoms with van der Waals surface area (Å²) in [7, 11) is 1.86. The minimum atomic E-state index is -0.285. The van der Waals surface area contributed by atoms with Crippen LogP contribution in [0.3, 0.4) is 0 Å². The van der Waals surface area contributed by atoms with E-state index in [2.05, 4.69) is 50.9 Å². The van der Waals surface area contributed by atoms with Crippen molar-refractivity contribution in [3.63, 3.8) is 0 Å². The van der Waals surface area contributed by atoms with Crippen molar-refractivity contribution in [3.05, 3.63) is 73.1 Å². The van der Waals surface area contributed by atoms with Crippen LogP contribution in [0.5, 0.6) is 11.5 Å². The number of amides is 1. The third kappa shape index (κ3) is 5.85. The highest BCUT2D eigenvalue weighted by Gasteiger charge is 2.33. The molecule has 2 aromatic carbocycles. The maximum atomic E-state index is 11.4. The summed E-state index contributed by atoms with van der Waals surface area (Å²) in [6.45, 7) is 13.4. The number of carbonyl (C=O) groups is 1. The van der Waals surface area contributed by atoms with Gasteiger partial charge in [0.2, 0.25) is 6.41 Å². The number of hydrogen-bond acceptors (Lipinski definition) is 9. The first-order valence-corrected chi connectivity index (χ1v) is 13.7. The number of nitrogens with one attached hydrogen (secondary N) is 1. The topological polar surface area (TPSA) is 114 Å². The number of carbonyl (C=O) groups excluding carboxylic acids is 1. The van der Waals surface area contributed by atoms with E-state index in [4.69, 9.17) is 9.72 Å². The lowest BCUT2D eigenvalue weighted by atomic mass is 9.99. The van der Waals surface area contributed by atoms with E-state index >= 15 is 0 Å². The summed E-state index contributed by atoms with van der Waals surface area (Å²) in [4.78, 5) is 29.3. The molecule has 5 aromatic rings. The van der Waals surface area contributed by atoms with Crippen LogP contribution in [0, 0.1) is 6.92 Å². The summed E-state index contributed by atoms with van der Waals surface area (Å²) >= 11 is 0. The minimum Gasteiger partial charge on any atom is -0.457 e. The molecule has 0 unspecified atom stereocenters. The summed E-state index contributed by atoms with van der Waals surface area (Å²) in [6.07, 6.45) is 4.21. The molecule has 0 radical (unpaired) electrons. The third-order valence-electron chi connectivity index (χ3n) is 7.13. The summed E-state index contributed by atoms with van der Waals surface area (Å²) in [6, 6.07) is 15.5. The molecular formula is C31H35N9O2. The van der Waals surface area contributed by atoms with E-state index in [0.29, 0.717) is 36.7 Å². The van der Waals surface area contributed by atoms with Crippen LogP contribution in [-0.2, 0) is 11.8 Å². The van der Waals surface area contributed by atoms with Crippen LogP contribution in [0.4, 0.5) is 17.3 Å². The van der Waals surface area contributed by atoms with Gasteiger partial charge in [0.25, 0.3) is 0 Å². The first-order chi connectivity index (χ1) is 20.2. The van der Waals surface area contributed by atoms with E-state index in [-0.39, 0.29) is 5.54 Å². The first-order valence-electron chi connectivity index (χ1n) is 13.7. The summed E-state index contributed by atoms with van der Waals surface area (Å²) < 4.78 is 7.87. The average molecular weight is 566 g/mol. The molecule has 0 aliphatic carbocycles. The number of hydrogen-bond donors (Lipinski definition) is 1. The van der Waals surface area contributed by atoms with Gasteiger partial charge in [-0.3, -0.25) is 4.79 Å². The number of allylic oxidation sites excluding steroid dienone is 1. The average Bonchev–Trinajstić information content (AvgIpc) is 3.34. The van der Waals surface area contributed by atoms with E-state index < -0.39 is 0 Å². The van der Waals surface area contributed by atoms with Crippen LogP contribution < -0.4 is 15.0 Å². The van der Waals surface area contributed by atoms with E-state index in [9.17, 15) is 4.79 Å². The Labute approximate surface area is 244 Å². The molecule has 6 rings (SSSR count). The quantitative estimate of drug-likeness (QED) is 0.213. The van der Waals surface area contributed by atoms with Crippen molar-refractivity contribution in [1.82, 2.24) is 34.8 Å². The van der Waals surface area contributed by atoms with Crippen molar-refractivity contribution in [2.75, 3.05) is 29.9 Å². The zero-order chi connectivity index (χ0) is 29.9. The number of pyridine rings is 1. The molecule has 11 heteroatoms.